The number of rotatable bonds is 6. The molecule has 0 aromatic heterocycles. The molecule has 24 heavy (non-hydrogen) atoms. The molecule has 1 heterocycles. The normalized spacial score (nSPS) is 17.5. The third-order valence-corrected chi connectivity index (χ3v) is 7.10. The first kappa shape index (κ1) is 19.0. The van der Waals surface area contributed by atoms with Gasteiger partial charge >= 0.3 is 5.51 Å². The molecule has 0 unspecified atom stereocenters. The van der Waals surface area contributed by atoms with Crippen molar-refractivity contribution in [3.8, 4) is 0 Å². The average molecular weight is 386 g/mol. The molecule has 11 heteroatoms. The summed E-state index contributed by atoms with van der Waals surface area (Å²) in [7, 11) is -8.72. The van der Waals surface area contributed by atoms with Crippen LogP contribution in [0.5, 0.6) is 0 Å². The number of hydrogen-bond acceptors (Lipinski definition) is 5. The number of sulfone groups is 1. The van der Waals surface area contributed by atoms with Crippen molar-refractivity contribution in [2.24, 2.45) is 5.92 Å². The molecule has 0 amide bonds. The summed E-state index contributed by atoms with van der Waals surface area (Å²) in [6.45, 7) is 2.23. The van der Waals surface area contributed by atoms with Crippen LogP contribution in [0.4, 0.5) is 18.9 Å². The van der Waals surface area contributed by atoms with Crippen LogP contribution in [0.15, 0.2) is 29.2 Å². The van der Waals surface area contributed by atoms with E-state index in [1.165, 1.54) is 29.4 Å². The number of anilines is 1. The molecule has 1 N–H and O–H groups in total. The fraction of sp³-hybridized carbons (Fsp3) is 0.538. The third kappa shape index (κ3) is 3.67. The molecular weight excluding hydrogens is 369 g/mol. The predicted octanol–water partition coefficient (Wildman–Crippen LogP) is 1.67. The SMILES string of the molecule is CCS(=O)(=O)N1CC(CNc2ccccc2S(=O)(=O)C(F)(F)F)C1. The summed E-state index contributed by atoms with van der Waals surface area (Å²) >= 11 is 0. The van der Waals surface area contributed by atoms with Crippen molar-refractivity contribution in [2.75, 3.05) is 30.7 Å². The van der Waals surface area contributed by atoms with Crippen LogP contribution in [-0.2, 0) is 19.9 Å². The Labute approximate surface area is 138 Å². The van der Waals surface area contributed by atoms with Gasteiger partial charge in [0, 0.05) is 25.6 Å². The second kappa shape index (κ2) is 6.52. The fourth-order valence-electron chi connectivity index (χ4n) is 2.29. The van der Waals surface area contributed by atoms with Gasteiger partial charge < -0.3 is 5.32 Å². The number of sulfonamides is 1. The summed E-state index contributed by atoms with van der Waals surface area (Å²) in [4.78, 5) is -0.838. The monoisotopic (exact) mass is 386 g/mol. The lowest BCUT2D eigenvalue weighted by molar-refractivity contribution is -0.0435. The van der Waals surface area contributed by atoms with Gasteiger partial charge in [-0.25, -0.2) is 21.1 Å². The smallest absolute Gasteiger partial charge is 0.384 e. The molecular formula is C13H17F3N2O4S2. The van der Waals surface area contributed by atoms with E-state index in [0.29, 0.717) is 0 Å². The van der Waals surface area contributed by atoms with Gasteiger partial charge in [0.25, 0.3) is 9.84 Å². The molecule has 6 nitrogen and oxygen atoms in total. The first-order valence-corrected chi connectivity index (χ1v) is 10.2. The van der Waals surface area contributed by atoms with E-state index in [2.05, 4.69) is 5.32 Å². The van der Waals surface area contributed by atoms with Gasteiger partial charge in [0.1, 0.15) is 0 Å². The number of para-hydroxylation sites is 1. The van der Waals surface area contributed by atoms with Gasteiger partial charge in [0.05, 0.1) is 16.3 Å². The van der Waals surface area contributed by atoms with Crippen molar-refractivity contribution in [3.63, 3.8) is 0 Å². The van der Waals surface area contributed by atoms with E-state index in [1.54, 1.807) is 0 Å². The molecule has 1 aromatic rings. The molecule has 0 aliphatic carbocycles. The maximum absolute atomic E-state index is 12.7. The second-order valence-electron chi connectivity index (χ2n) is 5.41. The van der Waals surface area contributed by atoms with Crippen LogP contribution < -0.4 is 5.32 Å². The van der Waals surface area contributed by atoms with E-state index in [1.807, 2.05) is 0 Å². The minimum Gasteiger partial charge on any atom is -0.384 e. The van der Waals surface area contributed by atoms with Gasteiger partial charge in [-0.2, -0.15) is 13.2 Å². The summed E-state index contributed by atoms with van der Waals surface area (Å²) in [5, 5.41) is 2.68. The molecule has 0 atom stereocenters. The number of halogens is 3. The second-order valence-corrected chi connectivity index (χ2v) is 9.58. The highest BCUT2D eigenvalue weighted by atomic mass is 32.2. The van der Waals surface area contributed by atoms with Crippen LogP contribution in [0.3, 0.4) is 0 Å². The number of benzene rings is 1. The number of nitrogens with one attached hydrogen (secondary N) is 1. The highest BCUT2D eigenvalue weighted by molar-refractivity contribution is 7.92. The van der Waals surface area contributed by atoms with E-state index in [-0.39, 0.29) is 37.0 Å². The lowest BCUT2D eigenvalue weighted by Crippen LogP contribution is -2.52. The van der Waals surface area contributed by atoms with Gasteiger partial charge in [-0.1, -0.05) is 12.1 Å². The van der Waals surface area contributed by atoms with Crippen molar-refractivity contribution < 1.29 is 30.0 Å². The highest BCUT2D eigenvalue weighted by Gasteiger charge is 2.48. The van der Waals surface area contributed by atoms with Gasteiger partial charge in [-0.15, -0.1) is 0 Å². The summed E-state index contributed by atoms with van der Waals surface area (Å²) in [6.07, 6.45) is 0. The Balaban J connectivity index is 2.06. The molecule has 1 aliphatic heterocycles. The minimum atomic E-state index is -5.45. The zero-order chi connectivity index (χ0) is 18.2. The van der Waals surface area contributed by atoms with Gasteiger partial charge in [-0.3, -0.25) is 0 Å². The zero-order valence-corrected chi connectivity index (χ0v) is 14.4. The van der Waals surface area contributed by atoms with Crippen LogP contribution >= 0.6 is 0 Å². The van der Waals surface area contributed by atoms with Gasteiger partial charge in [0.2, 0.25) is 10.0 Å². The molecule has 1 aromatic carbocycles. The summed E-state index contributed by atoms with van der Waals surface area (Å²) in [5.74, 6) is -0.104. The van der Waals surface area contributed by atoms with Crippen LogP contribution in [0.2, 0.25) is 0 Å². The van der Waals surface area contributed by atoms with Crippen LogP contribution in [0.25, 0.3) is 0 Å². The predicted molar refractivity (Wildman–Crippen MR) is 82.7 cm³/mol. The first-order valence-electron chi connectivity index (χ1n) is 7.11. The van der Waals surface area contributed by atoms with Gasteiger partial charge in [-0.05, 0) is 19.1 Å². The Hall–Kier alpha value is -1.33. The lowest BCUT2D eigenvalue weighted by atomic mass is 10.0. The van der Waals surface area contributed by atoms with Crippen molar-refractivity contribution in [1.29, 1.82) is 0 Å². The molecule has 2 rings (SSSR count). The Morgan fingerprint density at radius 1 is 1.17 bits per heavy atom. The van der Waals surface area contributed by atoms with Crippen LogP contribution in [-0.4, -0.2) is 52.0 Å². The summed E-state index contributed by atoms with van der Waals surface area (Å²) in [6, 6.07) is 4.77. The maximum atomic E-state index is 12.7. The summed E-state index contributed by atoms with van der Waals surface area (Å²) < 4.78 is 85.8. The number of hydrogen-bond donors (Lipinski definition) is 1. The molecule has 0 radical (unpaired) electrons. The fourth-order valence-corrected chi connectivity index (χ4v) is 4.47. The highest BCUT2D eigenvalue weighted by Crippen LogP contribution is 2.34. The number of nitrogens with zero attached hydrogens (tertiary/aromatic N) is 1. The molecule has 1 aliphatic rings. The van der Waals surface area contributed by atoms with Crippen molar-refractivity contribution in [2.45, 2.75) is 17.3 Å². The zero-order valence-electron chi connectivity index (χ0n) is 12.7. The molecule has 1 fully saturated rings. The standard InChI is InChI=1S/C13H17F3N2O4S2/c1-2-23(19,20)18-8-10(9-18)7-17-11-5-3-4-6-12(11)24(21,22)13(14,15)16/h3-6,10,17H,2,7-9H2,1H3. The van der Waals surface area contributed by atoms with Crippen molar-refractivity contribution in [3.05, 3.63) is 24.3 Å². The van der Waals surface area contributed by atoms with Crippen LogP contribution in [0.1, 0.15) is 6.92 Å². The van der Waals surface area contributed by atoms with Crippen LogP contribution in [0, 0.1) is 5.92 Å². The molecule has 1 saturated heterocycles. The summed E-state index contributed by atoms with van der Waals surface area (Å²) in [5.41, 5.74) is -5.53. The lowest BCUT2D eigenvalue weighted by Gasteiger charge is -2.38. The topological polar surface area (TPSA) is 83.6 Å². The Kier molecular flexibility index (Phi) is 5.17. The van der Waals surface area contributed by atoms with E-state index in [4.69, 9.17) is 0 Å². The van der Waals surface area contributed by atoms with Crippen molar-refractivity contribution >= 4 is 25.5 Å². The Morgan fingerprint density at radius 3 is 2.29 bits per heavy atom. The average Bonchev–Trinajstić information content (AvgIpc) is 2.44. The number of alkyl halides is 3. The largest absolute Gasteiger partial charge is 0.501 e. The third-order valence-electron chi connectivity index (χ3n) is 3.74. The van der Waals surface area contributed by atoms with E-state index >= 15 is 0 Å². The molecule has 136 valence electrons. The van der Waals surface area contributed by atoms with Gasteiger partial charge in [0.15, 0.2) is 0 Å². The molecule has 0 saturated carbocycles. The van der Waals surface area contributed by atoms with E-state index in [0.717, 1.165) is 6.07 Å². The van der Waals surface area contributed by atoms with Crippen molar-refractivity contribution in [1.82, 2.24) is 4.31 Å². The first-order chi connectivity index (χ1) is 11.0. The molecule has 0 bridgehead atoms. The maximum Gasteiger partial charge on any atom is 0.501 e. The van der Waals surface area contributed by atoms with E-state index in [9.17, 15) is 30.0 Å². The minimum absolute atomic E-state index is 0.0141. The Bertz CT molecular complexity index is 801. The quantitative estimate of drug-likeness (QED) is 0.804. The molecule has 0 spiro atoms. The Morgan fingerprint density at radius 2 is 1.75 bits per heavy atom. The van der Waals surface area contributed by atoms with E-state index < -0.39 is 30.3 Å².